The highest BCUT2D eigenvalue weighted by atomic mass is 16.5. The Kier molecular flexibility index (Phi) is 7.30. The lowest BCUT2D eigenvalue weighted by atomic mass is 10.1. The Hall–Kier alpha value is -2.79. The number of amides is 1. The number of hydrogen-bond acceptors (Lipinski definition) is 4. The van der Waals surface area contributed by atoms with Gasteiger partial charge in [-0.25, -0.2) is 0 Å². The Bertz CT molecular complexity index is 825. The summed E-state index contributed by atoms with van der Waals surface area (Å²) in [6.07, 6.45) is 4.86. The van der Waals surface area contributed by atoms with E-state index < -0.39 is 0 Å². The molecule has 2 aromatic rings. The highest BCUT2D eigenvalue weighted by molar-refractivity contribution is 5.94. The number of nitrogens with zero attached hydrogens (tertiary/aromatic N) is 1. The third kappa shape index (κ3) is 5.84. The molecule has 2 aromatic carbocycles. The molecule has 5 nitrogen and oxygen atoms in total. The summed E-state index contributed by atoms with van der Waals surface area (Å²) in [6, 6.07) is 13.4. The van der Waals surface area contributed by atoms with Crippen LogP contribution in [0.2, 0.25) is 0 Å². The summed E-state index contributed by atoms with van der Waals surface area (Å²) in [5, 5.41) is 2.98. The highest BCUT2D eigenvalue weighted by Crippen LogP contribution is 2.21. The number of allylic oxidation sites excluding steroid dienone is 1. The number of methoxy groups -OCH3 is 1. The second kappa shape index (κ2) is 10.1. The Morgan fingerprint density at radius 2 is 1.93 bits per heavy atom. The molecule has 0 aromatic heterocycles. The van der Waals surface area contributed by atoms with Gasteiger partial charge in [0, 0.05) is 25.2 Å². The molecule has 1 aliphatic heterocycles. The molecule has 1 amide bonds. The Labute approximate surface area is 173 Å². The SMILES string of the molecule is C=CCc1cc(C(=O)NCc2ccc(OC3CCN(C)CC3)cc2)ccc1OC. The molecule has 0 unspecified atom stereocenters. The summed E-state index contributed by atoms with van der Waals surface area (Å²) in [7, 11) is 3.77. The fourth-order valence-corrected chi connectivity index (χ4v) is 3.50. The number of nitrogens with one attached hydrogen (secondary N) is 1. The van der Waals surface area contributed by atoms with Crippen LogP contribution in [0.5, 0.6) is 11.5 Å². The molecular formula is C24H30N2O3. The van der Waals surface area contributed by atoms with Gasteiger partial charge < -0.3 is 19.7 Å². The maximum atomic E-state index is 12.5. The van der Waals surface area contributed by atoms with E-state index in [-0.39, 0.29) is 12.0 Å². The molecule has 1 heterocycles. The van der Waals surface area contributed by atoms with Gasteiger partial charge in [-0.1, -0.05) is 18.2 Å². The van der Waals surface area contributed by atoms with Gasteiger partial charge in [-0.15, -0.1) is 6.58 Å². The molecule has 1 N–H and O–H groups in total. The number of benzene rings is 2. The fraction of sp³-hybridized carbons (Fsp3) is 0.375. The zero-order valence-corrected chi connectivity index (χ0v) is 17.3. The zero-order chi connectivity index (χ0) is 20.6. The predicted molar refractivity (Wildman–Crippen MR) is 116 cm³/mol. The van der Waals surface area contributed by atoms with Gasteiger partial charge >= 0.3 is 0 Å². The van der Waals surface area contributed by atoms with Crippen LogP contribution in [0.15, 0.2) is 55.1 Å². The molecule has 3 rings (SSSR count). The number of carbonyl (C=O) groups excluding carboxylic acids is 1. The lowest BCUT2D eigenvalue weighted by Gasteiger charge is -2.29. The van der Waals surface area contributed by atoms with Crippen molar-refractivity contribution in [2.75, 3.05) is 27.2 Å². The fourth-order valence-electron chi connectivity index (χ4n) is 3.50. The van der Waals surface area contributed by atoms with Crippen molar-refractivity contribution in [2.45, 2.75) is 31.9 Å². The summed E-state index contributed by atoms with van der Waals surface area (Å²) in [4.78, 5) is 14.9. The van der Waals surface area contributed by atoms with Gasteiger partial charge in [0.1, 0.15) is 17.6 Å². The van der Waals surface area contributed by atoms with Crippen LogP contribution in [0, 0.1) is 0 Å². The van der Waals surface area contributed by atoms with Gasteiger partial charge in [0.25, 0.3) is 5.91 Å². The van der Waals surface area contributed by atoms with E-state index in [4.69, 9.17) is 9.47 Å². The van der Waals surface area contributed by atoms with Gasteiger partial charge in [0.15, 0.2) is 0 Å². The predicted octanol–water partition coefficient (Wildman–Crippen LogP) is 3.83. The quantitative estimate of drug-likeness (QED) is 0.692. The minimum atomic E-state index is -0.107. The molecule has 154 valence electrons. The maximum Gasteiger partial charge on any atom is 0.251 e. The monoisotopic (exact) mass is 394 g/mol. The van der Waals surface area contributed by atoms with E-state index in [1.807, 2.05) is 36.4 Å². The van der Waals surface area contributed by atoms with E-state index in [2.05, 4.69) is 23.8 Å². The Morgan fingerprint density at radius 3 is 2.59 bits per heavy atom. The van der Waals surface area contributed by atoms with E-state index in [0.29, 0.717) is 18.5 Å². The lowest BCUT2D eigenvalue weighted by Crippen LogP contribution is -2.35. The molecule has 29 heavy (non-hydrogen) atoms. The molecule has 1 fully saturated rings. The molecule has 0 atom stereocenters. The molecule has 1 saturated heterocycles. The lowest BCUT2D eigenvalue weighted by molar-refractivity contribution is 0.0951. The average molecular weight is 395 g/mol. The van der Waals surface area contributed by atoms with Gasteiger partial charge in [0.05, 0.1) is 7.11 Å². The largest absolute Gasteiger partial charge is 0.496 e. The molecule has 0 aliphatic carbocycles. The minimum absolute atomic E-state index is 0.107. The van der Waals surface area contributed by atoms with Crippen LogP contribution in [-0.4, -0.2) is 44.2 Å². The van der Waals surface area contributed by atoms with Crippen molar-refractivity contribution >= 4 is 5.91 Å². The van der Waals surface area contributed by atoms with Crippen molar-refractivity contribution in [3.05, 3.63) is 71.8 Å². The van der Waals surface area contributed by atoms with E-state index in [9.17, 15) is 4.79 Å². The van der Waals surface area contributed by atoms with Crippen molar-refractivity contribution in [2.24, 2.45) is 0 Å². The van der Waals surface area contributed by atoms with Gasteiger partial charge in [-0.2, -0.15) is 0 Å². The molecule has 0 saturated carbocycles. The van der Waals surface area contributed by atoms with Crippen LogP contribution in [0.25, 0.3) is 0 Å². The standard InChI is InChI=1S/C24H30N2O3/c1-4-5-19-16-20(8-11-23(19)28-3)24(27)25-17-18-6-9-21(10-7-18)29-22-12-14-26(2)15-13-22/h4,6-11,16,22H,1,5,12-15,17H2,2-3H3,(H,25,27). The van der Waals surface area contributed by atoms with Crippen molar-refractivity contribution in [3.8, 4) is 11.5 Å². The van der Waals surface area contributed by atoms with Crippen LogP contribution in [0.1, 0.15) is 34.3 Å². The van der Waals surface area contributed by atoms with Crippen LogP contribution in [-0.2, 0) is 13.0 Å². The first-order valence-electron chi connectivity index (χ1n) is 10.1. The van der Waals surface area contributed by atoms with Crippen molar-refractivity contribution < 1.29 is 14.3 Å². The average Bonchev–Trinajstić information content (AvgIpc) is 2.75. The van der Waals surface area contributed by atoms with Gasteiger partial charge in [-0.05, 0) is 67.8 Å². The first-order chi connectivity index (χ1) is 14.1. The van der Waals surface area contributed by atoms with Crippen LogP contribution in [0.3, 0.4) is 0 Å². The minimum Gasteiger partial charge on any atom is -0.496 e. The van der Waals surface area contributed by atoms with Crippen LogP contribution >= 0.6 is 0 Å². The third-order valence-corrected chi connectivity index (χ3v) is 5.25. The summed E-state index contributed by atoms with van der Waals surface area (Å²) < 4.78 is 11.4. The first-order valence-corrected chi connectivity index (χ1v) is 10.1. The first kappa shape index (κ1) is 20.9. The van der Waals surface area contributed by atoms with Crippen LogP contribution < -0.4 is 14.8 Å². The number of piperidine rings is 1. The summed E-state index contributed by atoms with van der Waals surface area (Å²) in [5.41, 5.74) is 2.60. The molecule has 5 heteroatoms. The second-order valence-electron chi connectivity index (χ2n) is 7.47. The Morgan fingerprint density at radius 1 is 1.21 bits per heavy atom. The summed E-state index contributed by atoms with van der Waals surface area (Å²) in [6.45, 7) is 6.39. The zero-order valence-electron chi connectivity index (χ0n) is 17.3. The summed E-state index contributed by atoms with van der Waals surface area (Å²) >= 11 is 0. The normalized spacial score (nSPS) is 15.0. The van der Waals surface area contributed by atoms with Crippen molar-refractivity contribution in [3.63, 3.8) is 0 Å². The molecule has 1 aliphatic rings. The molecule has 0 spiro atoms. The van der Waals surface area contributed by atoms with Gasteiger partial charge in [-0.3, -0.25) is 4.79 Å². The molecule has 0 radical (unpaired) electrons. The topological polar surface area (TPSA) is 50.8 Å². The Balaban J connectivity index is 1.53. The van der Waals surface area contributed by atoms with E-state index >= 15 is 0 Å². The second-order valence-corrected chi connectivity index (χ2v) is 7.47. The summed E-state index contributed by atoms with van der Waals surface area (Å²) in [5.74, 6) is 1.55. The number of hydrogen-bond donors (Lipinski definition) is 1. The van der Waals surface area contributed by atoms with Gasteiger partial charge in [0.2, 0.25) is 0 Å². The molecular weight excluding hydrogens is 364 g/mol. The van der Waals surface area contributed by atoms with E-state index in [1.165, 1.54) is 0 Å². The number of rotatable bonds is 8. The van der Waals surface area contributed by atoms with Crippen LogP contribution in [0.4, 0.5) is 0 Å². The molecule has 0 bridgehead atoms. The smallest absolute Gasteiger partial charge is 0.251 e. The van der Waals surface area contributed by atoms with Crippen molar-refractivity contribution in [1.82, 2.24) is 10.2 Å². The van der Waals surface area contributed by atoms with E-state index in [1.54, 1.807) is 19.3 Å². The third-order valence-electron chi connectivity index (χ3n) is 5.25. The number of ether oxygens (including phenoxy) is 2. The van der Waals surface area contributed by atoms with Crippen molar-refractivity contribution in [1.29, 1.82) is 0 Å². The number of carbonyl (C=O) groups is 1. The highest BCUT2D eigenvalue weighted by Gasteiger charge is 2.18. The van der Waals surface area contributed by atoms with E-state index in [0.717, 1.165) is 48.6 Å². The number of likely N-dealkylation sites (tertiary alicyclic amines) is 1. The maximum absolute atomic E-state index is 12.5.